The van der Waals surface area contributed by atoms with E-state index in [4.69, 9.17) is 4.84 Å². The van der Waals surface area contributed by atoms with Crippen molar-refractivity contribution in [2.24, 2.45) is 5.16 Å². The highest BCUT2D eigenvalue weighted by atomic mass is 79.9. The minimum Gasteiger partial charge on any atom is -0.382 e. The fraction of sp³-hybridized carbons (Fsp3) is 0.211. The number of oxime groups is 1. The number of halogens is 2. The molecular formula is C19H17BrFN3O3. The Labute approximate surface area is 163 Å². The molecule has 0 bridgehead atoms. The Hall–Kier alpha value is -2.74. The van der Waals surface area contributed by atoms with E-state index in [9.17, 15) is 14.0 Å². The summed E-state index contributed by atoms with van der Waals surface area (Å²) in [6.45, 7) is 0.177. The van der Waals surface area contributed by atoms with Crippen molar-refractivity contribution in [2.75, 3.05) is 11.9 Å². The van der Waals surface area contributed by atoms with Gasteiger partial charge in [0.05, 0.1) is 5.71 Å². The zero-order chi connectivity index (χ0) is 19.2. The molecule has 0 spiro atoms. The van der Waals surface area contributed by atoms with E-state index in [0.29, 0.717) is 17.0 Å². The lowest BCUT2D eigenvalue weighted by Crippen LogP contribution is -2.36. The molecule has 0 aromatic heterocycles. The van der Waals surface area contributed by atoms with E-state index in [0.717, 1.165) is 4.47 Å². The largest absolute Gasteiger partial charge is 0.382 e. The van der Waals surface area contributed by atoms with Gasteiger partial charge in [-0.05, 0) is 36.4 Å². The van der Waals surface area contributed by atoms with Crippen LogP contribution in [0.4, 0.5) is 10.1 Å². The van der Waals surface area contributed by atoms with Crippen LogP contribution in [0.1, 0.15) is 18.4 Å². The van der Waals surface area contributed by atoms with Crippen LogP contribution in [0.2, 0.25) is 0 Å². The summed E-state index contributed by atoms with van der Waals surface area (Å²) < 4.78 is 14.2. The quantitative estimate of drug-likeness (QED) is 0.733. The van der Waals surface area contributed by atoms with Crippen LogP contribution in [0.15, 0.2) is 58.2 Å². The average molecular weight is 434 g/mol. The molecule has 1 heterocycles. The van der Waals surface area contributed by atoms with Gasteiger partial charge >= 0.3 is 0 Å². The van der Waals surface area contributed by atoms with Crippen molar-refractivity contribution in [3.05, 3.63) is 64.4 Å². The number of carbonyl (C=O) groups is 2. The highest BCUT2D eigenvalue weighted by molar-refractivity contribution is 9.10. The van der Waals surface area contributed by atoms with Crippen molar-refractivity contribution < 1.29 is 18.8 Å². The highest BCUT2D eigenvalue weighted by Gasteiger charge is 2.28. The summed E-state index contributed by atoms with van der Waals surface area (Å²) in [6, 6.07) is 13.2. The molecule has 1 aliphatic heterocycles. The summed E-state index contributed by atoms with van der Waals surface area (Å²) >= 11 is 3.32. The molecule has 2 aromatic rings. The summed E-state index contributed by atoms with van der Waals surface area (Å²) in [6.07, 6.45) is -0.398. The van der Waals surface area contributed by atoms with E-state index in [2.05, 4.69) is 31.7 Å². The molecule has 2 N–H and O–H groups in total. The topological polar surface area (TPSA) is 79.8 Å². The molecule has 1 aliphatic rings. The van der Waals surface area contributed by atoms with Gasteiger partial charge in [-0.25, -0.2) is 4.39 Å². The Bertz CT molecular complexity index is 871. The fourth-order valence-corrected chi connectivity index (χ4v) is 2.79. The van der Waals surface area contributed by atoms with Crippen LogP contribution in [0.3, 0.4) is 0 Å². The Morgan fingerprint density at radius 3 is 2.74 bits per heavy atom. The van der Waals surface area contributed by atoms with Crippen LogP contribution in [0.25, 0.3) is 0 Å². The van der Waals surface area contributed by atoms with Crippen molar-refractivity contribution in [1.29, 1.82) is 0 Å². The van der Waals surface area contributed by atoms with Crippen molar-refractivity contribution in [3.63, 3.8) is 0 Å². The normalized spacial score (nSPS) is 15.6. The van der Waals surface area contributed by atoms with Crippen LogP contribution in [-0.4, -0.2) is 30.2 Å². The molecule has 2 amide bonds. The highest BCUT2D eigenvalue weighted by Crippen LogP contribution is 2.18. The van der Waals surface area contributed by atoms with E-state index in [1.54, 1.807) is 24.3 Å². The molecule has 0 radical (unpaired) electrons. The lowest BCUT2D eigenvalue weighted by atomic mass is 10.0. The minimum atomic E-state index is -0.780. The van der Waals surface area contributed by atoms with E-state index in [-0.39, 0.29) is 37.0 Å². The van der Waals surface area contributed by atoms with Gasteiger partial charge in [0.1, 0.15) is 5.82 Å². The molecule has 2 aromatic carbocycles. The number of hydrogen-bond donors (Lipinski definition) is 2. The molecule has 0 aliphatic carbocycles. The maximum Gasteiger partial charge on any atom is 0.264 e. The Morgan fingerprint density at radius 1 is 1.22 bits per heavy atom. The van der Waals surface area contributed by atoms with Crippen LogP contribution >= 0.6 is 15.9 Å². The molecule has 1 atom stereocenters. The zero-order valence-electron chi connectivity index (χ0n) is 14.2. The Kier molecular flexibility index (Phi) is 6.18. The Balaban J connectivity index is 1.41. The lowest BCUT2D eigenvalue weighted by Gasteiger charge is -2.10. The summed E-state index contributed by atoms with van der Waals surface area (Å²) in [5.74, 6) is -0.942. The number of rotatable bonds is 6. The third kappa shape index (κ3) is 5.37. The standard InChI is InChI=1S/C19H17BrFN3O3/c20-13-4-6-15(7-5-13)23-18(25)8-9-22-19(26)17-11-16(24-27-17)12-2-1-3-14(21)10-12/h1-7,10,17H,8-9,11H2,(H,22,26)(H,23,25). The lowest BCUT2D eigenvalue weighted by molar-refractivity contribution is -0.131. The second kappa shape index (κ2) is 8.77. The molecule has 0 fully saturated rings. The van der Waals surface area contributed by atoms with E-state index in [1.807, 2.05) is 12.1 Å². The molecular weight excluding hydrogens is 417 g/mol. The number of amides is 2. The van der Waals surface area contributed by atoms with Crippen molar-refractivity contribution in [3.8, 4) is 0 Å². The fourth-order valence-electron chi connectivity index (χ4n) is 2.53. The first-order valence-corrected chi connectivity index (χ1v) is 9.12. The van der Waals surface area contributed by atoms with Crippen LogP contribution in [0.5, 0.6) is 0 Å². The first-order valence-electron chi connectivity index (χ1n) is 8.33. The average Bonchev–Trinajstić information content (AvgIpc) is 3.14. The molecule has 8 heteroatoms. The van der Waals surface area contributed by atoms with Gasteiger partial charge in [-0.15, -0.1) is 0 Å². The van der Waals surface area contributed by atoms with Gasteiger partial charge in [0.15, 0.2) is 0 Å². The van der Waals surface area contributed by atoms with Gasteiger partial charge < -0.3 is 15.5 Å². The van der Waals surface area contributed by atoms with Gasteiger partial charge in [0, 0.05) is 35.1 Å². The van der Waals surface area contributed by atoms with Gasteiger partial charge in [-0.2, -0.15) is 0 Å². The maximum absolute atomic E-state index is 13.3. The van der Waals surface area contributed by atoms with Crippen LogP contribution < -0.4 is 10.6 Å². The monoisotopic (exact) mass is 433 g/mol. The number of carbonyl (C=O) groups excluding carboxylic acids is 2. The number of nitrogens with zero attached hydrogens (tertiary/aromatic N) is 1. The van der Waals surface area contributed by atoms with Crippen LogP contribution in [0, 0.1) is 5.82 Å². The van der Waals surface area contributed by atoms with Gasteiger partial charge in [0.2, 0.25) is 12.0 Å². The molecule has 3 rings (SSSR count). The van der Waals surface area contributed by atoms with Gasteiger partial charge in [-0.1, -0.05) is 33.2 Å². The maximum atomic E-state index is 13.3. The van der Waals surface area contributed by atoms with Crippen molar-refractivity contribution >= 4 is 39.1 Å². The second-order valence-electron chi connectivity index (χ2n) is 5.94. The summed E-state index contributed by atoms with van der Waals surface area (Å²) in [5.41, 5.74) is 1.78. The first-order chi connectivity index (χ1) is 13.0. The van der Waals surface area contributed by atoms with E-state index in [1.165, 1.54) is 12.1 Å². The molecule has 0 saturated heterocycles. The summed E-state index contributed by atoms with van der Waals surface area (Å²) in [5, 5.41) is 9.26. The number of anilines is 1. The van der Waals surface area contributed by atoms with Crippen molar-refractivity contribution in [2.45, 2.75) is 18.9 Å². The third-order valence-corrected chi connectivity index (χ3v) is 4.43. The summed E-state index contributed by atoms with van der Waals surface area (Å²) in [7, 11) is 0. The van der Waals surface area contributed by atoms with Gasteiger partial charge in [0.25, 0.3) is 5.91 Å². The minimum absolute atomic E-state index is 0.131. The smallest absolute Gasteiger partial charge is 0.264 e. The predicted octanol–water partition coefficient (Wildman–Crippen LogP) is 3.23. The van der Waals surface area contributed by atoms with Crippen molar-refractivity contribution in [1.82, 2.24) is 5.32 Å². The van der Waals surface area contributed by atoms with E-state index < -0.39 is 6.10 Å². The molecule has 0 saturated carbocycles. The number of benzene rings is 2. The summed E-state index contributed by atoms with van der Waals surface area (Å²) in [4.78, 5) is 29.2. The number of nitrogens with one attached hydrogen (secondary N) is 2. The molecule has 1 unspecified atom stereocenters. The zero-order valence-corrected chi connectivity index (χ0v) is 15.8. The first kappa shape index (κ1) is 19.0. The van der Waals surface area contributed by atoms with E-state index >= 15 is 0 Å². The van der Waals surface area contributed by atoms with Crippen LogP contribution in [-0.2, 0) is 14.4 Å². The number of hydrogen-bond acceptors (Lipinski definition) is 4. The molecule has 6 nitrogen and oxygen atoms in total. The molecule has 27 heavy (non-hydrogen) atoms. The molecule has 140 valence electrons. The van der Waals surface area contributed by atoms with Gasteiger partial charge in [-0.3, -0.25) is 9.59 Å². The second-order valence-corrected chi connectivity index (χ2v) is 6.86. The Morgan fingerprint density at radius 2 is 2.00 bits per heavy atom. The SMILES string of the molecule is O=C(CCNC(=O)C1CC(c2cccc(F)c2)=NO1)Nc1ccc(Br)cc1. The predicted molar refractivity (Wildman–Crippen MR) is 103 cm³/mol. The third-order valence-electron chi connectivity index (χ3n) is 3.90.